The molecule has 0 aliphatic carbocycles. The van der Waals surface area contributed by atoms with E-state index in [1.165, 1.54) is 0 Å². The van der Waals surface area contributed by atoms with Crippen molar-refractivity contribution in [2.75, 3.05) is 12.4 Å². The summed E-state index contributed by atoms with van der Waals surface area (Å²) in [6.45, 7) is 4.10. The van der Waals surface area contributed by atoms with E-state index < -0.39 is 0 Å². The summed E-state index contributed by atoms with van der Waals surface area (Å²) in [5, 5.41) is 14.6. The minimum atomic E-state index is 0.118. The highest BCUT2D eigenvalue weighted by Crippen LogP contribution is 2.20. The lowest BCUT2D eigenvalue weighted by molar-refractivity contribution is 0.106. The second-order valence-electron chi connectivity index (χ2n) is 4.15. The second-order valence-corrected chi connectivity index (χ2v) is 4.15. The van der Waals surface area contributed by atoms with Crippen molar-refractivity contribution in [3.8, 4) is 5.69 Å². The van der Waals surface area contributed by atoms with Gasteiger partial charge < -0.3 is 10.1 Å². The second kappa shape index (κ2) is 5.59. The SMILES string of the molecule is COC(C)C(C)Nc1ccccc1-n1cnnn1. The van der Waals surface area contributed by atoms with E-state index >= 15 is 0 Å². The van der Waals surface area contributed by atoms with Gasteiger partial charge in [0.1, 0.15) is 6.33 Å². The van der Waals surface area contributed by atoms with Crippen LogP contribution in [0.1, 0.15) is 13.8 Å². The van der Waals surface area contributed by atoms with E-state index in [2.05, 4.69) is 27.8 Å². The fraction of sp³-hybridized carbons (Fsp3) is 0.417. The van der Waals surface area contributed by atoms with Gasteiger partial charge in [0.05, 0.1) is 17.5 Å². The molecule has 1 N–H and O–H groups in total. The summed E-state index contributed by atoms with van der Waals surface area (Å²) >= 11 is 0. The van der Waals surface area contributed by atoms with Gasteiger partial charge in [-0.3, -0.25) is 0 Å². The van der Waals surface area contributed by atoms with Crippen molar-refractivity contribution < 1.29 is 4.74 Å². The molecule has 2 unspecified atom stereocenters. The summed E-state index contributed by atoms with van der Waals surface area (Å²) in [6, 6.07) is 8.07. The molecule has 1 heterocycles. The van der Waals surface area contributed by atoms with Gasteiger partial charge in [0.25, 0.3) is 0 Å². The number of para-hydroxylation sites is 2. The summed E-state index contributed by atoms with van der Waals surface area (Å²) in [5.74, 6) is 0. The van der Waals surface area contributed by atoms with Crippen LogP contribution < -0.4 is 5.32 Å². The molecule has 0 aliphatic rings. The van der Waals surface area contributed by atoms with Crippen LogP contribution in [0.15, 0.2) is 30.6 Å². The normalized spacial score (nSPS) is 14.2. The number of aromatic nitrogens is 4. The van der Waals surface area contributed by atoms with Gasteiger partial charge in [-0.15, -0.1) is 5.10 Å². The molecule has 2 aromatic rings. The minimum absolute atomic E-state index is 0.118. The largest absolute Gasteiger partial charge is 0.380 e. The number of nitrogens with one attached hydrogen (secondary N) is 1. The molecule has 6 heteroatoms. The number of hydrogen-bond acceptors (Lipinski definition) is 5. The van der Waals surface area contributed by atoms with Gasteiger partial charge in [0, 0.05) is 13.2 Å². The molecule has 0 fully saturated rings. The minimum Gasteiger partial charge on any atom is -0.380 e. The molecule has 0 spiro atoms. The predicted molar refractivity (Wildman–Crippen MR) is 68.7 cm³/mol. The van der Waals surface area contributed by atoms with Gasteiger partial charge in [0.2, 0.25) is 0 Å². The van der Waals surface area contributed by atoms with E-state index in [0.717, 1.165) is 11.4 Å². The number of rotatable bonds is 5. The molecular weight excluding hydrogens is 230 g/mol. The lowest BCUT2D eigenvalue weighted by atomic mass is 10.2. The van der Waals surface area contributed by atoms with Crippen LogP contribution in [0.4, 0.5) is 5.69 Å². The third kappa shape index (κ3) is 2.65. The molecule has 2 atom stereocenters. The Kier molecular flexibility index (Phi) is 3.88. The molecule has 0 aliphatic heterocycles. The first-order chi connectivity index (χ1) is 8.72. The van der Waals surface area contributed by atoms with Gasteiger partial charge in [-0.1, -0.05) is 12.1 Å². The topological polar surface area (TPSA) is 64.9 Å². The monoisotopic (exact) mass is 247 g/mol. The van der Waals surface area contributed by atoms with Crippen molar-refractivity contribution in [1.29, 1.82) is 0 Å². The van der Waals surface area contributed by atoms with Crippen molar-refractivity contribution in [2.24, 2.45) is 0 Å². The first-order valence-electron chi connectivity index (χ1n) is 5.84. The van der Waals surface area contributed by atoms with Crippen molar-refractivity contribution in [2.45, 2.75) is 26.0 Å². The van der Waals surface area contributed by atoms with E-state index in [1.807, 2.05) is 31.2 Å². The maximum absolute atomic E-state index is 5.31. The molecule has 1 aromatic carbocycles. The molecule has 0 bridgehead atoms. The van der Waals surface area contributed by atoms with Crippen LogP contribution in [-0.4, -0.2) is 39.5 Å². The molecule has 18 heavy (non-hydrogen) atoms. The Morgan fingerprint density at radius 2 is 2.06 bits per heavy atom. The zero-order valence-corrected chi connectivity index (χ0v) is 10.7. The van der Waals surface area contributed by atoms with Gasteiger partial charge in [-0.05, 0) is 36.4 Å². The fourth-order valence-corrected chi connectivity index (χ4v) is 1.63. The number of tetrazole rings is 1. The quantitative estimate of drug-likeness (QED) is 0.867. The number of methoxy groups -OCH3 is 1. The Bertz CT molecular complexity index is 485. The Balaban J connectivity index is 2.23. The van der Waals surface area contributed by atoms with Gasteiger partial charge in [-0.25, -0.2) is 0 Å². The Labute approximate surface area is 106 Å². The summed E-state index contributed by atoms with van der Waals surface area (Å²) in [4.78, 5) is 0. The average Bonchev–Trinajstić information content (AvgIpc) is 2.92. The maximum atomic E-state index is 5.31. The van der Waals surface area contributed by atoms with E-state index in [0.29, 0.717) is 0 Å². The van der Waals surface area contributed by atoms with Crippen LogP contribution >= 0.6 is 0 Å². The summed E-state index contributed by atoms with van der Waals surface area (Å²) in [7, 11) is 1.70. The summed E-state index contributed by atoms with van der Waals surface area (Å²) < 4.78 is 6.94. The van der Waals surface area contributed by atoms with Crippen molar-refractivity contribution in [3.63, 3.8) is 0 Å². The zero-order valence-electron chi connectivity index (χ0n) is 10.7. The molecule has 2 rings (SSSR count). The molecule has 96 valence electrons. The molecule has 1 aromatic heterocycles. The lowest BCUT2D eigenvalue weighted by Gasteiger charge is -2.22. The highest BCUT2D eigenvalue weighted by Gasteiger charge is 2.13. The van der Waals surface area contributed by atoms with Crippen molar-refractivity contribution >= 4 is 5.69 Å². The van der Waals surface area contributed by atoms with Crippen LogP contribution in [0, 0.1) is 0 Å². The standard InChI is InChI=1S/C12H17N5O/c1-9(10(2)18-3)14-11-6-4-5-7-12(11)17-8-13-15-16-17/h4-10,14H,1-3H3. The lowest BCUT2D eigenvalue weighted by Crippen LogP contribution is -2.30. The molecular formula is C12H17N5O. The highest BCUT2D eigenvalue weighted by molar-refractivity contribution is 5.60. The average molecular weight is 247 g/mol. The first-order valence-corrected chi connectivity index (χ1v) is 5.84. The molecule has 0 amide bonds. The Morgan fingerprint density at radius 3 is 2.72 bits per heavy atom. The zero-order chi connectivity index (χ0) is 13.0. The summed E-state index contributed by atoms with van der Waals surface area (Å²) in [5.41, 5.74) is 1.89. The van der Waals surface area contributed by atoms with Crippen molar-refractivity contribution in [1.82, 2.24) is 20.2 Å². The molecule has 0 saturated carbocycles. The third-order valence-electron chi connectivity index (χ3n) is 2.96. The Hall–Kier alpha value is -1.95. The van der Waals surface area contributed by atoms with Crippen molar-refractivity contribution in [3.05, 3.63) is 30.6 Å². The van der Waals surface area contributed by atoms with E-state index in [-0.39, 0.29) is 12.1 Å². The Morgan fingerprint density at radius 1 is 1.28 bits per heavy atom. The predicted octanol–water partition coefficient (Wildman–Crippen LogP) is 1.50. The number of hydrogen-bond donors (Lipinski definition) is 1. The van der Waals surface area contributed by atoms with Crippen LogP contribution in [0.3, 0.4) is 0 Å². The fourth-order valence-electron chi connectivity index (χ4n) is 1.63. The van der Waals surface area contributed by atoms with Gasteiger partial charge in [0.15, 0.2) is 0 Å². The third-order valence-corrected chi connectivity index (χ3v) is 2.96. The number of ether oxygens (including phenoxy) is 1. The van der Waals surface area contributed by atoms with E-state index in [9.17, 15) is 0 Å². The maximum Gasteiger partial charge on any atom is 0.143 e. The highest BCUT2D eigenvalue weighted by atomic mass is 16.5. The number of nitrogens with zero attached hydrogens (tertiary/aromatic N) is 4. The van der Waals surface area contributed by atoms with Crippen LogP contribution in [0.25, 0.3) is 5.69 Å². The van der Waals surface area contributed by atoms with Gasteiger partial charge in [-0.2, -0.15) is 4.68 Å². The molecule has 6 nitrogen and oxygen atoms in total. The van der Waals surface area contributed by atoms with Crippen LogP contribution in [-0.2, 0) is 4.74 Å². The summed E-state index contributed by atoms with van der Waals surface area (Å²) in [6.07, 6.45) is 1.69. The number of anilines is 1. The smallest absolute Gasteiger partial charge is 0.143 e. The van der Waals surface area contributed by atoms with Crippen LogP contribution in [0.2, 0.25) is 0 Å². The first kappa shape index (κ1) is 12.5. The molecule has 0 radical (unpaired) electrons. The van der Waals surface area contributed by atoms with E-state index in [4.69, 9.17) is 4.74 Å². The van der Waals surface area contributed by atoms with E-state index in [1.54, 1.807) is 18.1 Å². The molecule has 0 saturated heterocycles. The van der Waals surface area contributed by atoms with Crippen LogP contribution in [0.5, 0.6) is 0 Å². The number of benzene rings is 1. The van der Waals surface area contributed by atoms with Gasteiger partial charge >= 0.3 is 0 Å².